The van der Waals surface area contributed by atoms with E-state index in [9.17, 15) is 4.79 Å². The van der Waals surface area contributed by atoms with Gasteiger partial charge in [-0.1, -0.05) is 37.6 Å². The minimum Gasteiger partial charge on any atom is -0.481 e. The van der Waals surface area contributed by atoms with Crippen LogP contribution in [0.3, 0.4) is 0 Å². The third-order valence-corrected chi connectivity index (χ3v) is 4.08. The zero-order valence-corrected chi connectivity index (χ0v) is 14.6. The van der Waals surface area contributed by atoms with Crippen molar-refractivity contribution in [1.82, 2.24) is 0 Å². The fraction of sp³-hybridized carbons (Fsp3) is 0.316. The number of amides is 1. The SMILES string of the molecule is Cc1cc(OC(C)C(=O)Nc2ccc(C(C)C)cc2)ccc1Cl. The number of carbonyl (C=O) groups excluding carboxylic acids is 1. The third-order valence-electron chi connectivity index (χ3n) is 3.66. The molecule has 0 aromatic heterocycles. The van der Waals surface area contributed by atoms with Gasteiger partial charge in [-0.15, -0.1) is 0 Å². The van der Waals surface area contributed by atoms with Gasteiger partial charge in [0, 0.05) is 10.7 Å². The van der Waals surface area contributed by atoms with E-state index in [1.165, 1.54) is 5.56 Å². The molecular formula is C19H22ClNO2. The van der Waals surface area contributed by atoms with E-state index < -0.39 is 6.10 Å². The second-order valence-electron chi connectivity index (χ2n) is 5.94. The lowest BCUT2D eigenvalue weighted by atomic mass is 10.0. The fourth-order valence-corrected chi connectivity index (χ4v) is 2.26. The number of benzene rings is 2. The topological polar surface area (TPSA) is 38.3 Å². The van der Waals surface area contributed by atoms with E-state index in [1.807, 2.05) is 37.3 Å². The Bertz CT molecular complexity index is 680. The van der Waals surface area contributed by atoms with Crippen LogP contribution < -0.4 is 10.1 Å². The van der Waals surface area contributed by atoms with Gasteiger partial charge in [-0.3, -0.25) is 4.79 Å². The molecule has 0 bridgehead atoms. The maximum absolute atomic E-state index is 12.2. The summed E-state index contributed by atoms with van der Waals surface area (Å²) in [5.41, 5.74) is 2.92. The summed E-state index contributed by atoms with van der Waals surface area (Å²) < 4.78 is 5.68. The first kappa shape index (κ1) is 17.4. The summed E-state index contributed by atoms with van der Waals surface area (Å²) in [6.45, 7) is 7.90. The van der Waals surface area contributed by atoms with E-state index in [-0.39, 0.29) is 5.91 Å². The van der Waals surface area contributed by atoms with Gasteiger partial charge in [-0.2, -0.15) is 0 Å². The van der Waals surface area contributed by atoms with E-state index in [0.29, 0.717) is 16.7 Å². The highest BCUT2D eigenvalue weighted by atomic mass is 35.5. The summed E-state index contributed by atoms with van der Waals surface area (Å²) in [6, 6.07) is 13.2. The molecule has 2 rings (SSSR count). The number of rotatable bonds is 5. The number of halogens is 1. The van der Waals surface area contributed by atoms with Gasteiger partial charge < -0.3 is 10.1 Å². The minimum absolute atomic E-state index is 0.185. The molecule has 0 saturated heterocycles. The lowest BCUT2D eigenvalue weighted by Crippen LogP contribution is -2.30. The highest BCUT2D eigenvalue weighted by molar-refractivity contribution is 6.31. The van der Waals surface area contributed by atoms with Crippen LogP contribution in [0.2, 0.25) is 5.02 Å². The predicted molar refractivity (Wildman–Crippen MR) is 95.4 cm³/mol. The van der Waals surface area contributed by atoms with Crippen LogP contribution in [-0.4, -0.2) is 12.0 Å². The summed E-state index contributed by atoms with van der Waals surface area (Å²) in [5.74, 6) is 0.912. The number of ether oxygens (including phenoxy) is 1. The first-order valence-electron chi connectivity index (χ1n) is 7.70. The normalized spacial score (nSPS) is 12.1. The van der Waals surface area contributed by atoms with Crippen molar-refractivity contribution in [1.29, 1.82) is 0 Å². The van der Waals surface area contributed by atoms with Crippen molar-refractivity contribution in [3.05, 3.63) is 58.6 Å². The van der Waals surface area contributed by atoms with Crippen LogP contribution >= 0.6 is 11.6 Å². The Morgan fingerprint density at radius 3 is 2.30 bits per heavy atom. The molecule has 4 heteroatoms. The summed E-state index contributed by atoms with van der Waals surface area (Å²) in [5, 5.41) is 3.54. The number of hydrogen-bond acceptors (Lipinski definition) is 2. The van der Waals surface area contributed by atoms with Gasteiger partial charge in [0.15, 0.2) is 6.10 Å². The molecular weight excluding hydrogens is 310 g/mol. The maximum Gasteiger partial charge on any atom is 0.265 e. The van der Waals surface area contributed by atoms with Gasteiger partial charge in [0.05, 0.1) is 0 Å². The largest absolute Gasteiger partial charge is 0.481 e. The minimum atomic E-state index is -0.597. The highest BCUT2D eigenvalue weighted by Gasteiger charge is 2.15. The van der Waals surface area contributed by atoms with E-state index in [4.69, 9.17) is 16.3 Å². The van der Waals surface area contributed by atoms with E-state index in [0.717, 1.165) is 11.3 Å². The highest BCUT2D eigenvalue weighted by Crippen LogP contribution is 2.22. The lowest BCUT2D eigenvalue weighted by Gasteiger charge is -2.16. The van der Waals surface area contributed by atoms with Crippen molar-refractivity contribution in [3.8, 4) is 5.75 Å². The van der Waals surface area contributed by atoms with Crippen LogP contribution in [0.4, 0.5) is 5.69 Å². The molecule has 0 saturated carbocycles. The predicted octanol–water partition coefficient (Wildman–Crippen LogP) is 5.18. The number of anilines is 1. The van der Waals surface area contributed by atoms with Crippen molar-refractivity contribution in [2.45, 2.75) is 39.7 Å². The first-order valence-corrected chi connectivity index (χ1v) is 8.08. The molecule has 0 aliphatic rings. The number of hydrogen-bond donors (Lipinski definition) is 1. The monoisotopic (exact) mass is 331 g/mol. The van der Waals surface area contributed by atoms with Crippen LogP contribution in [0.5, 0.6) is 5.75 Å². The smallest absolute Gasteiger partial charge is 0.265 e. The van der Waals surface area contributed by atoms with Crippen molar-refractivity contribution in [2.24, 2.45) is 0 Å². The Hall–Kier alpha value is -2.00. The van der Waals surface area contributed by atoms with Crippen LogP contribution in [-0.2, 0) is 4.79 Å². The molecule has 0 spiro atoms. The van der Waals surface area contributed by atoms with Gasteiger partial charge in [0.2, 0.25) is 0 Å². The Labute approximate surface area is 142 Å². The Balaban J connectivity index is 1.97. The number of nitrogens with one attached hydrogen (secondary N) is 1. The molecule has 1 amide bonds. The van der Waals surface area contributed by atoms with Gasteiger partial charge in [-0.25, -0.2) is 0 Å². The second kappa shape index (κ2) is 7.51. The lowest BCUT2D eigenvalue weighted by molar-refractivity contribution is -0.122. The van der Waals surface area contributed by atoms with E-state index >= 15 is 0 Å². The number of aryl methyl sites for hydroxylation is 1. The summed E-state index contributed by atoms with van der Waals surface area (Å²) in [6.07, 6.45) is -0.597. The molecule has 0 aliphatic carbocycles. The van der Waals surface area contributed by atoms with Crippen LogP contribution in [0.15, 0.2) is 42.5 Å². The second-order valence-corrected chi connectivity index (χ2v) is 6.34. The average molecular weight is 332 g/mol. The Morgan fingerprint density at radius 2 is 1.74 bits per heavy atom. The number of carbonyl (C=O) groups is 1. The van der Waals surface area contributed by atoms with Gasteiger partial charge >= 0.3 is 0 Å². The third kappa shape index (κ3) is 4.73. The van der Waals surface area contributed by atoms with Crippen LogP contribution in [0, 0.1) is 6.92 Å². The van der Waals surface area contributed by atoms with E-state index in [2.05, 4.69) is 19.2 Å². The molecule has 0 aliphatic heterocycles. The molecule has 3 nitrogen and oxygen atoms in total. The molecule has 1 unspecified atom stereocenters. The Kier molecular flexibility index (Phi) is 5.67. The van der Waals surface area contributed by atoms with Crippen molar-refractivity contribution >= 4 is 23.2 Å². The zero-order chi connectivity index (χ0) is 17.0. The maximum atomic E-state index is 12.2. The van der Waals surface area contributed by atoms with Crippen molar-refractivity contribution in [2.75, 3.05) is 5.32 Å². The van der Waals surface area contributed by atoms with E-state index in [1.54, 1.807) is 19.1 Å². The fourth-order valence-electron chi connectivity index (χ4n) is 2.14. The van der Waals surface area contributed by atoms with Gasteiger partial charge in [0.25, 0.3) is 5.91 Å². The van der Waals surface area contributed by atoms with Crippen LogP contribution in [0.25, 0.3) is 0 Å². The molecule has 122 valence electrons. The first-order chi connectivity index (χ1) is 10.9. The van der Waals surface area contributed by atoms with Gasteiger partial charge in [-0.05, 0) is 61.2 Å². The molecule has 1 N–H and O–H groups in total. The molecule has 0 fully saturated rings. The summed E-state index contributed by atoms with van der Waals surface area (Å²) in [4.78, 5) is 12.2. The molecule has 23 heavy (non-hydrogen) atoms. The quantitative estimate of drug-likeness (QED) is 0.820. The molecule has 1 atom stereocenters. The van der Waals surface area contributed by atoms with Crippen molar-refractivity contribution in [3.63, 3.8) is 0 Å². The standard InChI is InChI=1S/C19H22ClNO2/c1-12(2)15-5-7-16(8-6-15)21-19(22)14(4)23-17-9-10-18(20)13(3)11-17/h5-12,14H,1-4H3,(H,21,22). The van der Waals surface area contributed by atoms with Gasteiger partial charge in [0.1, 0.15) is 5.75 Å². The summed E-state index contributed by atoms with van der Waals surface area (Å²) >= 11 is 5.99. The zero-order valence-electron chi connectivity index (χ0n) is 13.9. The Morgan fingerprint density at radius 1 is 1.09 bits per heavy atom. The molecule has 0 heterocycles. The molecule has 2 aromatic rings. The molecule has 2 aromatic carbocycles. The summed E-state index contributed by atoms with van der Waals surface area (Å²) in [7, 11) is 0. The average Bonchev–Trinajstić information content (AvgIpc) is 2.51. The van der Waals surface area contributed by atoms with Crippen molar-refractivity contribution < 1.29 is 9.53 Å². The van der Waals surface area contributed by atoms with Crippen LogP contribution in [0.1, 0.15) is 37.8 Å². The molecule has 0 radical (unpaired) electrons.